The lowest BCUT2D eigenvalue weighted by molar-refractivity contribution is -0.134. The Labute approximate surface area is 205 Å². The summed E-state index contributed by atoms with van der Waals surface area (Å²) >= 11 is 7.78. The fraction of sp³-hybridized carbons (Fsp3) is 0.240. The van der Waals surface area contributed by atoms with Gasteiger partial charge >= 0.3 is 0 Å². The van der Waals surface area contributed by atoms with E-state index in [2.05, 4.69) is 5.32 Å². The number of ether oxygens (including phenoxy) is 1. The van der Waals surface area contributed by atoms with Crippen LogP contribution in [-0.4, -0.2) is 41.4 Å². The number of hydrogen-bond donors (Lipinski definition) is 1. The lowest BCUT2D eigenvalue weighted by Gasteiger charge is -2.31. The summed E-state index contributed by atoms with van der Waals surface area (Å²) in [5, 5.41) is 4.54. The van der Waals surface area contributed by atoms with Crippen molar-refractivity contribution in [2.24, 2.45) is 0 Å². The minimum atomic E-state index is -0.350. The Hall–Kier alpha value is -3.36. The van der Waals surface area contributed by atoms with E-state index in [1.165, 1.54) is 6.26 Å². The van der Waals surface area contributed by atoms with E-state index < -0.39 is 0 Å². The van der Waals surface area contributed by atoms with Crippen molar-refractivity contribution in [3.05, 3.63) is 76.7 Å². The number of thiazole rings is 1. The zero-order valence-corrected chi connectivity index (χ0v) is 19.8. The number of benzene rings is 2. The van der Waals surface area contributed by atoms with E-state index in [9.17, 15) is 9.59 Å². The first kappa shape index (κ1) is 22.4. The van der Waals surface area contributed by atoms with Crippen molar-refractivity contribution in [3.63, 3.8) is 0 Å². The molecule has 0 atom stereocenters. The number of carbonyl (C=O) groups excluding carboxylic acids is 2. The number of anilines is 1. The first-order valence-electron chi connectivity index (χ1n) is 11.0. The standard InChI is InChI=1S/C25H22ClN3O4S/c26-17-6-7-22-20(13-17)28-25(34-22)16-8-10-29(11-9-16)23(30)15-33-19-4-1-3-18(14-19)27-24(31)21-5-2-12-32-21/h1-7,12-14,16H,8-11,15H2,(H,27,31). The number of rotatable bonds is 6. The highest BCUT2D eigenvalue weighted by Crippen LogP contribution is 2.34. The number of nitrogens with zero attached hydrogens (tertiary/aromatic N) is 2. The van der Waals surface area contributed by atoms with Gasteiger partial charge < -0.3 is 19.4 Å². The predicted molar refractivity (Wildman–Crippen MR) is 132 cm³/mol. The van der Waals surface area contributed by atoms with Gasteiger partial charge in [0.25, 0.3) is 11.8 Å². The van der Waals surface area contributed by atoms with Crippen LogP contribution in [0.15, 0.2) is 65.3 Å². The van der Waals surface area contributed by atoms with Crippen LogP contribution >= 0.6 is 22.9 Å². The maximum absolute atomic E-state index is 12.7. The van der Waals surface area contributed by atoms with Crippen LogP contribution < -0.4 is 10.1 Å². The third-order valence-electron chi connectivity index (χ3n) is 5.76. The van der Waals surface area contributed by atoms with E-state index in [-0.39, 0.29) is 24.2 Å². The van der Waals surface area contributed by atoms with E-state index >= 15 is 0 Å². The van der Waals surface area contributed by atoms with Crippen LogP contribution in [0.5, 0.6) is 5.75 Å². The van der Waals surface area contributed by atoms with Crippen LogP contribution in [0, 0.1) is 0 Å². The molecule has 3 heterocycles. The third-order valence-corrected chi connectivity index (χ3v) is 7.20. The van der Waals surface area contributed by atoms with Crippen LogP contribution in [0.3, 0.4) is 0 Å². The number of halogens is 1. The number of fused-ring (bicyclic) bond motifs is 1. The number of nitrogens with one attached hydrogen (secondary N) is 1. The van der Waals surface area contributed by atoms with Crippen LogP contribution in [-0.2, 0) is 4.79 Å². The predicted octanol–water partition coefficient (Wildman–Crippen LogP) is 5.58. The smallest absolute Gasteiger partial charge is 0.291 e. The Kier molecular flexibility index (Phi) is 6.51. The molecule has 1 saturated heterocycles. The highest BCUT2D eigenvalue weighted by atomic mass is 35.5. The average molecular weight is 496 g/mol. The number of aromatic nitrogens is 1. The van der Waals surface area contributed by atoms with Gasteiger partial charge in [0.15, 0.2) is 12.4 Å². The quantitative estimate of drug-likeness (QED) is 0.377. The van der Waals surface area contributed by atoms with Gasteiger partial charge in [0.1, 0.15) is 5.75 Å². The molecular weight excluding hydrogens is 474 g/mol. The fourth-order valence-corrected chi connectivity index (χ4v) is 5.25. The lowest BCUT2D eigenvalue weighted by atomic mass is 9.97. The first-order chi connectivity index (χ1) is 16.5. The molecule has 4 aromatic rings. The minimum absolute atomic E-state index is 0.0557. The van der Waals surface area contributed by atoms with Crippen molar-refractivity contribution in [2.75, 3.05) is 25.0 Å². The summed E-state index contributed by atoms with van der Waals surface area (Å²) in [5.74, 6) is 0.667. The molecule has 1 fully saturated rings. The Bertz CT molecular complexity index is 1310. The zero-order valence-electron chi connectivity index (χ0n) is 18.2. The van der Waals surface area contributed by atoms with Gasteiger partial charge in [-0.25, -0.2) is 4.98 Å². The summed E-state index contributed by atoms with van der Waals surface area (Å²) in [6.45, 7) is 1.28. The van der Waals surface area contributed by atoms with Gasteiger partial charge in [-0.2, -0.15) is 0 Å². The molecule has 2 aromatic heterocycles. The Morgan fingerprint density at radius 2 is 2.00 bits per heavy atom. The largest absolute Gasteiger partial charge is 0.484 e. The molecule has 1 aliphatic rings. The second-order valence-electron chi connectivity index (χ2n) is 8.07. The maximum atomic E-state index is 12.7. The molecule has 34 heavy (non-hydrogen) atoms. The van der Waals surface area contributed by atoms with Crippen molar-refractivity contribution in [2.45, 2.75) is 18.8 Å². The molecule has 0 bridgehead atoms. The highest BCUT2D eigenvalue weighted by Gasteiger charge is 2.26. The number of likely N-dealkylation sites (tertiary alicyclic amines) is 1. The molecule has 0 saturated carbocycles. The summed E-state index contributed by atoms with van der Waals surface area (Å²) in [4.78, 5) is 31.4. The Balaban J connectivity index is 1.13. The number of hydrogen-bond acceptors (Lipinski definition) is 6. The van der Waals surface area contributed by atoms with E-state index in [0.717, 1.165) is 28.1 Å². The summed E-state index contributed by atoms with van der Waals surface area (Å²) in [7, 11) is 0. The van der Waals surface area contributed by atoms with Crippen LogP contribution in [0.2, 0.25) is 5.02 Å². The van der Waals surface area contributed by atoms with Crippen molar-refractivity contribution >= 4 is 50.7 Å². The van der Waals surface area contributed by atoms with Gasteiger partial charge in [0, 0.05) is 35.8 Å². The van der Waals surface area contributed by atoms with Gasteiger partial charge in [0.05, 0.1) is 21.5 Å². The molecule has 1 N–H and O–H groups in total. The van der Waals surface area contributed by atoms with Crippen LogP contribution in [0.1, 0.15) is 34.3 Å². The van der Waals surface area contributed by atoms with Crippen molar-refractivity contribution in [1.82, 2.24) is 9.88 Å². The second kappa shape index (κ2) is 9.87. The van der Waals surface area contributed by atoms with Crippen LogP contribution in [0.25, 0.3) is 10.2 Å². The normalized spacial score (nSPS) is 14.3. The summed E-state index contributed by atoms with van der Waals surface area (Å²) in [5.41, 5.74) is 1.49. The van der Waals surface area contributed by atoms with Crippen molar-refractivity contribution < 1.29 is 18.7 Å². The van der Waals surface area contributed by atoms with E-state index in [1.54, 1.807) is 47.7 Å². The van der Waals surface area contributed by atoms with Gasteiger partial charge in [-0.1, -0.05) is 17.7 Å². The molecule has 7 nitrogen and oxygen atoms in total. The number of piperidine rings is 1. The summed E-state index contributed by atoms with van der Waals surface area (Å²) in [6.07, 6.45) is 3.18. The summed E-state index contributed by atoms with van der Waals surface area (Å²) in [6, 6.07) is 16.0. The second-order valence-corrected chi connectivity index (χ2v) is 9.57. The van der Waals surface area contributed by atoms with E-state index in [4.69, 9.17) is 25.7 Å². The van der Waals surface area contributed by atoms with E-state index in [0.29, 0.717) is 35.5 Å². The van der Waals surface area contributed by atoms with Gasteiger partial charge in [-0.15, -0.1) is 11.3 Å². The molecule has 1 aliphatic heterocycles. The average Bonchev–Trinajstić information content (AvgIpc) is 3.53. The monoisotopic (exact) mass is 495 g/mol. The molecule has 174 valence electrons. The maximum Gasteiger partial charge on any atom is 0.291 e. The molecule has 2 amide bonds. The fourth-order valence-electron chi connectivity index (χ4n) is 3.97. The van der Waals surface area contributed by atoms with E-state index in [1.807, 2.05) is 23.1 Å². The molecule has 9 heteroatoms. The molecule has 0 spiro atoms. The zero-order chi connectivity index (χ0) is 23.5. The molecule has 2 aromatic carbocycles. The Morgan fingerprint density at radius 1 is 1.15 bits per heavy atom. The number of amides is 2. The molecule has 5 rings (SSSR count). The number of carbonyl (C=O) groups is 2. The SMILES string of the molecule is O=C(Nc1cccc(OCC(=O)N2CCC(c3nc4cc(Cl)ccc4s3)CC2)c1)c1ccco1. The Morgan fingerprint density at radius 3 is 2.79 bits per heavy atom. The highest BCUT2D eigenvalue weighted by molar-refractivity contribution is 7.18. The van der Waals surface area contributed by atoms with Crippen LogP contribution in [0.4, 0.5) is 5.69 Å². The van der Waals surface area contributed by atoms with Gasteiger partial charge in [-0.05, 0) is 55.3 Å². The minimum Gasteiger partial charge on any atom is -0.484 e. The van der Waals surface area contributed by atoms with Crippen molar-refractivity contribution in [1.29, 1.82) is 0 Å². The van der Waals surface area contributed by atoms with Gasteiger partial charge in [-0.3, -0.25) is 9.59 Å². The molecular formula is C25H22ClN3O4S. The van der Waals surface area contributed by atoms with Crippen molar-refractivity contribution in [3.8, 4) is 5.75 Å². The topological polar surface area (TPSA) is 84.7 Å². The third kappa shape index (κ3) is 5.08. The summed E-state index contributed by atoms with van der Waals surface area (Å²) < 4.78 is 11.9. The molecule has 0 aliphatic carbocycles. The van der Waals surface area contributed by atoms with Gasteiger partial charge in [0.2, 0.25) is 0 Å². The lowest BCUT2D eigenvalue weighted by Crippen LogP contribution is -2.40. The molecule has 0 radical (unpaired) electrons. The number of furan rings is 1. The first-order valence-corrected chi connectivity index (χ1v) is 12.2. The molecule has 0 unspecified atom stereocenters.